The Kier molecular flexibility index (Phi) is 4.26. The molecule has 0 saturated heterocycles. The molecule has 0 amide bonds. The summed E-state index contributed by atoms with van der Waals surface area (Å²) in [4.78, 5) is 12.3. The Bertz CT molecular complexity index is 664. The summed E-state index contributed by atoms with van der Waals surface area (Å²) in [7, 11) is 3.04. The number of hydrogen-bond acceptors (Lipinski definition) is 5. The van der Waals surface area contributed by atoms with Crippen LogP contribution in [0.15, 0.2) is 29.2 Å². The highest BCUT2D eigenvalue weighted by atomic mass is 16.5. The van der Waals surface area contributed by atoms with Crippen LogP contribution >= 0.6 is 0 Å². The molecule has 1 heterocycles. The molecular weight excluding hydrogens is 262 g/mol. The van der Waals surface area contributed by atoms with Crippen LogP contribution in [0, 0.1) is 0 Å². The second kappa shape index (κ2) is 5.94. The van der Waals surface area contributed by atoms with E-state index in [1.165, 1.54) is 18.8 Å². The Morgan fingerprint density at radius 3 is 2.55 bits per heavy atom. The third kappa shape index (κ3) is 2.48. The first-order valence-electron chi connectivity index (χ1n) is 6.15. The van der Waals surface area contributed by atoms with Crippen molar-refractivity contribution in [2.75, 3.05) is 20.8 Å². The summed E-state index contributed by atoms with van der Waals surface area (Å²) in [6.45, 7) is -0.351. The molecule has 6 nitrogen and oxygen atoms in total. The van der Waals surface area contributed by atoms with Crippen molar-refractivity contribution in [1.29, 1.82) is 0 Å². The van der Waals surface area contributed by atoms with Gasteiger partial charge in [-0.2, -0.15) is 0 Å². The number of rotatable bonds is 5. The summed E-state index contributed by atoms with van der Waals surface area (Å²) < 4.78 is 11.8. The van der Waals surface area contributed by atoms with Crippen LogP contribution in [0.3, 0.4) is 0 Å². The van der Waals surface area contributed by atoms with Crippen LogP contribution in [0.1, 0.15) is 0 Å². The molecular formula is C14H17NO5. The Morgan fingerprint density at radius 1 is 1.20 bits per heavy atom. The fourth-order valence-corrected chi connectivity index (χ4v) is 2.12. The average Bonchev–Trinajstić information content (AvgIpc) is 2.48. The van der Waals surface area contributed by atoms with E-state index in [-0.39, 0.29) is 12.1 Å². The van der Waals surface area contributed by atoms with Crippen LogP contribution in [0.5, 0.6) is 11.5 Å². The maximum Gasteiger partial charge on any atom is 0.258 e. The van der Waals surface area contributed by atoms with E-state index in [0.29, 0.717) is 22.3 Å². The maximum atomic E-state index is 12.3. The van der Waals surface area contributed by atoms with E-state index in [0.717, 1.165) is 0 Å². The molecule has 0 aliphatic rings. The van der Waals surface area contributed by atoms with Gasteiger partial charge in [0.15, 0.2) is 11.5 Å². The smallest absolute Gasteiger partial charge is 0.258 e. The van der Waals surface area contributed by atoms with Gasteiger partial charge in [0.1, 0.15) is 0 Å². The summed E-state index contributed by atoms with van der Waals surface area (Å²) in [6.07, 6.45) is 0.594. The van der Waals surface area contributed by atoms with Crippen molar-refractivity contribution >= 4 is 10.8 Å². The fraction of sp³-hybridized carbons (Fsp3) is 0.357. The van der Waals surface area contributed by atoms with Gasteiger partial charge in [0.2, 0.25) is 0 Å². The van der Waals surface area contributed by atoms with Crippen molar-refractivity contribution in [1.82, 2.24) is 4.57 Å². The standard InChI is InChI=1S/C14H17NO5/c1-19-12-4-3-11-10(13(12)20-2)5-6-15(14(11)18)7-9(17)8-16/h3-6,9,16-17H,7-8H2,1-2H3/t9-/m0/s1. The predicted octanol–water partition coefficient (Wildman–Crippen LogP) is 0.372. The molecule has 2 aromatic rings. The topological polar surface area (TPSA) is 80.9 Å². The average molecular weight is 279 g/mol. The van der Waals surface area contributed by atoms with Crippen LogP contribution in [-0.4, -0.2) is 41.7 Å². The molecule has 0 aliphatic carbocycles. The zero-order valence-corrected chi connectivity index (χ0v) is 11.4. The van der Waals surface area contributed by atoms with Gasteiger partial charge in [-0.3, -0.25) is 4.79 Å². The van der Waals surface area contributed by atoms with E-state index in [2.05, 4.69) is 0 Å². The van der Waals surface area contributed by atoms with E-state index in [1.807, 2.05) is 0 Å². The fourth-order valence-electron chi connectivity index (χ4n) is 2.12. The van der Waals surface area contributed by atoms with Crippen molar-refractivity contribution in [3.63, 3.8) is 0 Å². The molecule has 2 rings (SSSR count). The lowest BCUT2D eigenvalue weighted by Gasteiger charge is -2.13. The van der Waals surface area contributed by atoms with E-state index >= 15 is 0 Å². The predicted molar refractivity (Wildman–Crippen MR) is 74.4 cm³/mol. The van der Waals surface area contributed by atoms with E-state index < -0.39 is 12.7 Å². The maximum absolute atomic E-state index is 12.3. The molecule has 20 heavy (non-hydrogen) atoms. The summed E-state index contributed by atoms with van der Waals surface area (Å²) in [6, 6.07) is 5.04. The Morgan fingerprint density at radius 2 is 1.95 bits per heavy atom. The van der Waals surface area contributed by atoms with Gasteiger partial charge in [0, 0.05) is 11.6 Å². The zero-order chi connectivity index (χ0) is 14.7. The number of aromatic nitrogens is 1. The normalized spacial score (nSPS) is 12.4. The molecule has 6 heteroatoms. The van der Waals surface area contributed by atoms with Crippen molar-refractivity contribution in [2.24, 2.45) is 0 Å². The van der Waals surface area contributed by atoms with Crippen LogP contribution in [-0.2, 0) is 6.54 Å². The summed E-state index contributed by atoms with van der Waals surface area (Å²) in [5, 5.41) is 19.4. The second-order valence-electron chi connectivity index (χ2n) is 4.37. The number of aliphatic hydroxyl groups excluding tert-OH is 2. The molecule has 0 spiro atoms. The number of methoxy groups -OCH3 is 2. The number of pyridine rings is 1. The lowest BCUT2D eigenvalue weighted by atomic mass is 10.1. The number of ether oxygens (including phenoxy) is 2. The SMILES string of the molecule is COc1ccc2c(=O)n(C[C@H](O)CO)ccc2c1OC. The molecule has 1 aromatic carbocycles. The molecule has 1 atom stereocenters. The first kappa shape index (κ1) is 14.4. The van der Waals surface area contributed by atoms with Gasteiger partial charge in [-0.15, -0.1) is 0 Å². The molecule has 0 aliphatic heterocycles. The van der Waals surface area contributed by atoms with Crippen LogP contribution < -0.4 is 15.0 Å². The van der Waals surface area contributed by atoms with E-state index in [9.17, 15) is 9.90 Å². The molecule has 0 fully saturated rings. The Balaban J connectivity index is 2.60. The van der Waals surface area contributed by atoms with E-state index in [1.54, 1.807) is 24.4 Å². The van der Waals surface area contributed by atoms with Crippen LogP contribution in [0.25, 0.3) is 10.8 Å². The van der Waals surface area contributed by atoms with Crippen LogP contribution in [0.4, 0.5) is 0 Å². The highest BCUT2D eigenvalue weighted by Crippen LogP contribution is 2.33. The van der Waals surface area contributed by atoms with Gasteiger partial charge in [0.25, 0.3) is 5.56 Å². The molecule has 0 bridgehead atoms. The van der Waals surface area contributed by atoms with Crippen LogP contribution in [0.2, 0.25) is 0 Å². The minimum Gasteiger partial charge on any atom is -0.493 e. The minimum absolute atomic E-state index is 0.0413. The number of hydrogen-bond donors (Lipinski definition) is 2. The van der Waals surface area contributed by atoms with Crippen molar-refractivity contribution in [2.45, 2.75) is 12.6 Å². The van der Waals surface area contributed by atoms with Gasteiger partial charge in [0.05, 0.1) is 38.9 Å². The summed E-state index contributed by atoms with van der Waals surface area (Å²) >= 11 is 0. The van der Waals surface area contributed by atoms with Gasteiger partial charge in [-0.05, 0) is 18.2 Å². The molecule has 0 unspecified atom stereocenters. The molecule has 0 radical (unpaired) electrons. The summed E-state index contributed by atoms with van der Waals surface area (Å²) in [5.41, 5.74) is -0.254. The quantitative estimate of drug-likeness (QED) is 0.826. The number of fused-ring (bicyclic) bond motifs is 1. The highest BCUT2D eigenvalue weighted by molar-refractivity contribution is 5.90. The number of aliphatic hydroxyl groups is 2. The third-order valence-corrected chi connectivity index (χ3v) is 3.11. The van der Waals surface area contributed by atoms with Crippen molar-refractivity contribution < 1.29 is 19.7 Å². The lowest BCUT2D eigenvalue weighted by Crippen LogP contribution is -2.28. The van der Waals surface area contributed by atoms with Gasteiger partial charge in [-0.1, -0.05) is 0 Å². The van der Waals surface area contributed by atoms with E-state index in [4.69, 9.17) is 14.6 Å². The Labute approximate surface area is 115 Å². The molecule has 108 valence electrons. The first-order valence-corrected chi connectivity index (χ1v) is 6.15. The summed E-state index contributed by atoms with van der Waals surface area (Å²) in [5.74, 6) is 1.05. The largest absolute Gasteiger partial charge is 0.493 e. The van der Waals surface area contributed by atoms with Gasteiger partial charge >= 0.3 is 0 Å². The molecule has 0 saturated carbocycles. The number of nitrogens with zero attached hydrogens (tertiary/aromatic N) is 1. The zero-order valence-electron chi connectivity index (χ0n) is 11.4. The van der Waals surface area contributed by atoms with Crippen molar-refractivity contribution in [3.05, 3.63) is 34.7 Å². The third-order valence-electron chi connectivity index (χ3n) is 3.11. The molecule has 1 aromatic heterocycles. The molecule has 2 N–H and O–H groups in total. The van der Waals surface area contributed by atoms with Crippen molar-refractivity contribution in [3.8, 4) is 11.5 Å². The minimum atomic E-state index is -0.967. The number of benzene rings is 1. The van der Waals surface area contributed by atoms with Gasteiger partial charge in [-0.25, -0.2) is 0 Å². The second-order valence-corrected chi connectivity index (χ2v) is 4.37. The van der Waals surface area contributed by atoms with Gasteiger partial charge < -0.3 is 24.3 Å². The monoisotopic (exact) mass is 279 g/mol. The first-order chi connectivity index (χ1) is 9.62. The Hall–Kier alpha value is -2.05. The highest BCUT2D eigenvalue weighted by Gasteiger charge is 2.13. The lowest BCUT2D eigenvalue weighted by molar-refractivity contribution is 0.0805.